The van der Waals surface area contributed by atoms with Gasteiger partial charge in [0.2, 0.25) is 0 Å². The van der Waals surface area contributed by atoms with E-state index in [4.69, 9.17) is 0 Å². The number of carbonyl (C=O) groups excluding carboxylic acids is 1. The van der Waals surface area contributed by atoms with Crippen LogP contribution in [0.25, 0.3) is 16.7 Å². The van der Waals surface area contributed by atoms with E-state index in [1.165, 1.54) is 0 Å². The van der Waals surface area contributed by atoms with E-state index in [1.54, 1.807) is 6.20 Å². The van der Waals surface area contributed by atoms with Crippen LogP contribution in [-0.4, -0.2) is 49.4 Å². The predicted octanol–water partition coefficient (Wildman–Crippen LogP) is 4.13. The van der Waals surface area contributed by atoms with Crippen LogP contribution in [0.2, 0.25) is 0 Å². The molecule has 2 aromatic heterocycles. The number of aliphatic hydroxyl groups excluding tert-OH is 1. The van der Waals surface area contributed by atoms with Gasteiger partial charge < -0.3 is 10.0 Å². The predicted molar refractivity (Wildman–Crippen MR) is 120 cm³/mol. The summed E-state index contributed by atoms with van der Waals surface area (Å²) in [7, 11) is 0. The van der Waals surface area contributed by atoms with Crippen molar-refractivity contribution in [2.45, 2.75) is 58.1 Å². The van der Waals surface area contributed by atoms with E-state index >= 15 is 0 Å². The van der Waals surface area contributed by atoms with Gasteiger partial charge in [0.05, 0.1) is 23.0 Å². The highest BCUT2D eigenvalue weighted by atomic mass is 16.3. The largest absolute Gasteiger partial charge is 0.393 e. The highest BCUT2D eigenvalue weighted by Crippen LogP contribution is 2.37. The van der Waals surface area contributed by atoms with Gasteiger partial charge in [-0.3, -0.25) is 4.79 Å². The summed E-state index contributed by atoms with van der Waals surface area (Å²) in [6.45, 7) is 4.96. The third-order valence-corrected chi connectivity index (χ3v) is 7.13. The lowest BCUT2D eigenvalue weighted by molar-refractivity contribution is 0.00859. The van der Waals surface area contributed by atoms with E-state index in [9.17, 15) is 9.90 Å². The van der Waals surface area contributed by atoms with Gasteiger partial charge in [0.15, 0.2) is 5.65 Å². The zero-order valence-corrected chi connectivity index (χ0v) is 18.2. The monoisotopic (exact) mass is 418 g/mol. The van der Waals surface area contributed by atoms with Gasteiger partial charge in [-0.2, -0.15) is 5.10 Å². The number of rotatable bonds is 3. The summed E-state index contributed by atoms with van der Waals surface area (Å²) < 4.78 is 1.83. The van der Waals surface area contributed by atoms with Crippen LogP contribution in [0.3, 0.4) is 0 Å². The fraction of sp³-hybridized carbons (Fsp3) is 0.480. The van der Waals surface area contributed by atoms with Crippen molar-refractivity contribution in [2.24, 2.45) is 11.8 Å². The maximum absolute atomic E-state index is 13.5. The zero-order chi connectivity index (χ0) is 21.5. The van der Waals surface area contributed by atoms with Gasteiger partial charge in [-0.25, -0.2) is 9.67 Å². The van der Waals surface area contributed by atoms with Crippen LogP contribution in [0.1, 0.15) is 55.1 Å². The molecule has 1 aliphatic heterocycles. The van der Waals surface area contributed by atoms with Crippen molar-refractivity contribution in [3.8, 4) is 5.69 Å². The smallest absolute Gasteiger partial charge is 0.255 e. The Morgan fingerprint density at radius 3 is 2.77 bits per heavy atom. The number of aryl methyl sites for hydroxylation is 1. The van der Waals surface area contributed by atoms with Crippen molar-refractivity contribution in [2.75, 3.05) is 6.54 Å². The molecule has 1 saturated heterocycles. The maximum atomic E-state index is 13.5. The first-order valence-corrected chi connectivity index (χ1v) is 11.4. The molecule has 2 fully saturated rings. The summed E-state index contributed by atoms with van der Waals surface area (Å²) in [6, 6.07) is 12.0. The summed E-state index contributed by atoms with van der Waals surface area (Å²) in [4.78, 5) is 20.1. The molecule has 0 bridgehead atoms. The number of carbonyl (C=O) groups is 1. The lowest BCUT2D eigenvalue weighted by Gasteiger charge is -2.39. The van der Waals surface area contributed by atoms with Crippen molar-refractivity contribution in [3.05, 3.63) is 53.9 Å². The number of likely N-dealkylation sites (tertiary alicyclic amines) is 1. The summed E-state index contributed by atoms with van der Waals surface area (Å²) in [5.74, 6) is 0.805. The molecular weight excluding hydrogens is 388 g/mol. The van der Waals surface area contributed by atoms with Gasteiger partial charge in [0.1, 0.15) is 0 Å². The fourth-order valence-corrected chi connectivity index (χ4v) is 5.49. The Labute approximate surface area is 182 Å². The van der Waals surface area contributed by atoms with E-state index in [-0.39, 0.29) is 24.0 Å². The van der Waals surface area contributed by atoms with E-state index in [0.29, 0.717) is 11.5 Å². The van der Waals surface area contributed by atoms with E-state index in [2.05, 4.69) is 17.0 Å². The molecule has 1 N–H and O–H groups in total. The summed E-state index contributed by atoms with van der Waals surface area (Å²) in [5.41, 5.74) is 3.17. The number of fused-ring (bicyclic) bond motifs is 1. The highest BCUT2D eigenvalue weighted by Gasteiger charge is 2.40. The molecule has 1 aromatic carbocycles. The number of para-hydroxylation sites is 1. The number of aromatic nitrogens is 3. The number of benzene rings is 1. The van der Waals surface area contributed by atoms with Crippen molar-refractivity contribution < 1.29 is 9.90 Å². The van der Waals surface area contributed by atoms with Crippen molar-refractivity contribution in [1.29, 1.82) is 0 Å². The van der Waals surface area contributed by atoms with Crippen LogP contribution in [-0.2, 0) is 0 Å². The minimum Gasteiger partial charge on any atom is -0.393 e. The second-order valence-electron chi connectivity index (χ2n) is 9.29. The van der Waals surface area contributed by atoms with Gasteiger partial charge in [-0.1, -0.05) is 25.1 Å². The van der Waals surface area contributed by atoms with Gasteiger partial charge >= 0.3 is 0 Å². The molecular formula is C25H30N4O2. The molecule has 4 unspecified atom stereocenters. The van der Waals surface area contributed by atoms with Gasteiger partial charge in [0.25, 0.3) is 5.91 Å². The average molecular weight is 419 g/mol. The van der Waals surface area contributed by atoms with Crippen LogP contribution in [0.15, 0.2) is 42.6 Å². The van der Waals surface area contributed by atoms with E-state index < -0.39 is 0 Å². The van der Waals surface area contributed by atoms with E-state index in [1.807, 2.05) is 52.9 Å². The SMILES string of the molecule is Cc1nn(-c2ccccc2)c2ncc(C(=O)N3CCCC3C3CC(C)CCC3O)cc12. The quantitative estimate of drug-likeness (QED) is 0.694. The third kappa shape index (κ3) is 3.63. The number of aliphatic hydroxyl groups is 1. The summed E-state index contributed by atoms with van der Waals surface area (Å²) in [5, 5.41) is 16.2. The molecule has 5 rings (SSSR count). The van der Waals surface area contributed by atoms with E-state index in [0.717, 1.165) is 61.1 Å². The molecule has 1 saturated carbocycles. The first kappa shape index (κ1) is 20.2. The van der Waals surface area contributed by atoms with Gasteiger partial charge in [-0.05, 0) is 63.1 Å². The van der Waals surface area contributed by atoms with Crippen molar-refractivity contribution in [3.63, 3.8) is 0 Å². The van der Waals surface area contributed by atoms with Crippen LogP contribution in [0.5, 0.6) is 0 Å². The standard InChI is InChI=1S/C25H30N4O2/c1-16-10-11-23(30)21(13-16)22-9-6-12-28(22)25(31)18-14-20-17(2)27-29(24(20)26-15-18)19-7-4-3-5-8-19/h3-5,7-8,14-16,21-23,30H,6,9-13H2,1-2H3. The first-order valence-electron chi connectivity index (χ1n) is 11.4. The normalized spacial score (nSPS) is 26.5. The van der Waals surface area contributed by atoms with Gasteiger partial charge in [-0.15, -0.1) is 0 Å². The molecule has 0 radical (unpaired) electrons. The molecule has 4 atom stereocenters. The molecule has 1 aliphatic carbocycles. The molecule has 1 amide bonds. The van der Waals surface area contributed by atoms with Crippen LogP contribution >= 0.6 is 0 Å². The molecule has 31 heavy (non-hydrogen) atoms. The van der Waals surface area contributed by atoms with Crippen molar-refractivity contribution >= 4 is 16.9 Å². The Hall–Kier alpha value is -2.73. The summed E-state index contributed by atoms with van der Waals surface area (Å²) >= 11 is 0. The molecule has 3 aromatic rings. The number of nitrogens with zero attached hydrogens (tertiary/aromatic N) is 4. The Kier molecular flexibility index (Phi) is 5.26. The number of pyridine rings is 1. The second kappa shape index (κ2) is 8.08. The van der Waals surface area contributed by atoms with Gasteiger partial charge in [0, 0.05) is 30.1 Å². The summed E-state index contributed by atoms with van der Waals surface area (Å²) in [6.07, 6.45) is 6.26. The molecule has 162 valence electrons. The van der Waals surface area contributed by atoms with Crippen LogP contribution < -0.4 is 0 Å². The highest BCUT2D eigenvalue weighted by molar-refractivity contribution is 5.97. The Morgan fingerprint density at radius 1 is 1.16 bits per heavy atom. The Bertz CT molecular complexity index is 1090. The zero-order valence-electron chi connectivity index (χ0n) is 18.2. The maximum Gasteiger partial charge on any atom is 0.255 e. The average Bonchev–Trinajstić information content (AvgIpc) is 3.40. The fourth-order valence-electron chi connectivity index (χ4n) is 5.49. The lowest BCUT2D eigenvalue weighted by atomic mass is 9.76. The third-order valence-electron chi connectivity index (χ3n) is 7.13. The minimum atomic E-state index is -0.304. The molecule has 3 heterocycles. The Morgan fingerprint density at radius 2 is 1.97 bits per heavy atom. The molecule has 6 heteroatoms. The first-order chi connectivity index (χ1) is 15.0. The molecule has 2 aliphatic rings. The van der Waals surface area contributed by atoms with Crippen molar-refractivity contribution in [1.82, 2.24) is 19.7 Å². The lowest BCUT2D eigenvalue weighted by Crippen LogP contribution is -2.46. The van der Waals surface area contributed by atoms with Crippen LogP contribution in [0.4, 0.5) is 0 Å². The molecule has 0 spiro atoms. The second-order valence-corrected chi connectivity index (χ2v) is 9.29. The van der Waals surface area contributed by atoms with Crippen LogP contribution in [0, 0.1) is 18.8 Å². The minimum absolute atomic E-state index is 0.0224. The number of hydrogen-bond acceptors (Lipinski definition) is 4. The number of hydrogen-bond donors (Lipinski definition) is 1. The number of amides is 1. The molecule has 6 nitrogen and oxygen atoms in total. The topological polar surface area (TPSA) is 71.2 Å². The Balaban J connectivity index is 1.45.